The van der Waals surface area contributed by atoms with Crippen molar-refractivity contribution in [3.05, 3.63) is 101 Å². The number of nitrogens with zero attached hydrogens (tertiary/aromatic N) is 2. The maximum absolute atomic E-state index is 14.1. The molecule has 0 aliphatic rings. The minimum Gasteiger partial charge on any atom is -0.317 e. The van der Waals surface area contributed by atoms with Gasteiger partial charge in [-0.3, -0.25) is 4.79 Å². The third-order valence-corrected chi connectivity index (χ3v) is 4.84. The fourth-order valence-electron chi connectivity index (χ4n) is 3.28. The second-order valence-electron chi connectivity index (χ2n) is 6.82. The highest BCUT2D eigenvalue weighted by molar-refractivity contribution is 6.09. The van der Waals surface area contributed by atoms with Crippen molar-refractivity contribution < 1.29 is 26.7 Å². The van der Waals surface area contributed by atoms with Gasteiger partial charge >= 0.3 is 0 Å². The number of carbonyl (C=O) groups excluding carboxylic acids is 1. The summed E-state index contributed by atoms with van der Waals surface area (Å²) in [5, 5.41) is 6.30. The summed E-state index contributed by atoms with van der Waals surface area (Å²) in [5.41, 5.74) is 0.0938. The highest BCUT2D eigenvalue weighted by Crippen LogP contribution is 2.31. The molecule has 1 heterocycles. The lowest BCUT2D eigenvalue weighted by Crippen LogP contribution is -2.18. The quantitative estimate of drug-likeness (QED) is 0.246. The number of nitrogens with one attached hydrogen (secondary N) is 1. The molecule has 0 aliphatic carbocycles. The number of carbonyl (C=O) groups is 1. The number of benzene rings is 3. The summed E-state index contributed by atoms with van der Waals surface area (Å²) in [4.78, 5) is 13.0. The van der Waals surface area contributed by atoms with Gasteiger partial charge in [0.25, 0.3) is 5.91 Å². The predicted molar refractivity (Wildman–Crippen MR) is 108 cm³/mol. The topological polar surface area (TPSA) is 46.9 Å². The van der Waals surface area contributed by atoms with E-state index in [0.717, 1.165) is 0 Å². The van der Waals surface area contributed by atoms with Gasteiger partial charge in [-0.1, -0.05) is 48.5 Å². The molecule has 32 heavy (non-hydrogen) atoms. The first-order chi connectivity index (χ1) is 15.3. The molecule has 0 spiro atoms. The van der Waals surface area contributed by atoms with Crippen LogP contribution >= 0.6 is 0 Å². The smallest absolute Gasteiger partial charge is 0.259 e. The first-order valence-corrected chi connectivity index (χ1v) is 9.34. The number of para-hydroxylation sites is 1. The molecule has 4 nitrogen and oxygen atoms in total. The van der Waals surface area contributed by atoms with Gasteiger partial charge in [0.2, 0.25) is 5.82 Å². The maximum Gasteiger partial charge on any atom is 0.259 e. The van der Waals surface area contributed by atoms with Crippen LogP contribution in [0, 0.1) is 36.0 Å². The van der Waals surface area contributed by atoms with E-state index in [9.17, 15) is 26.7 Å². The van der Waals surface area contributed by atoms with Crippen LogP contribution in [0.3, 0.4) is 0 Å². The van der Waals surface area contributed by atoms with Crippen molar-refractivity contribution in [1.82, 2.24) is 9.78 Å². The van der Waals surface area contributed by atoms with Crippen LogP contribution in [-0.4, -0.2) is 15.7 Å². The van der Waals surface area contributed by atoms with Gasteiger partial charge in [0.1, 0.15) is 11.4 Å². The van der Waals surface area contributed by atoms with Crippen LogP contribution < -0.4 is 5.32 Å². The minimum absolute atomic E-state index is 0.0796. The molecule has 0 radical (unpaired) electrons. The molecule has 0 saturated carbocycles. The summed E-state index contributed by atoms with van der Waals surface area (Å²) in [6.07, 6.45) is 0. The zero-order valence-electron chi connectivity index (χ0n) is 16.5. The lowest BCUT2D eigenvalue weighted by Gasteiger charge is -2.11. The summed E-state index contributed by atoms with van der Waals surface area (Å²) >= 11 is 0. The van der Waals surface area contributed by atoms with Crippen LogP contribution in [0.5, 0.6) is 0 Å². The highest BCUT2D eigenvalue weighted by Gasteiger charge is 2.29. The van der Waals surface area contributed by atoms with Crippen molar-refractivity contribution in [2.75, 3.05) is 5.32 Å². The second kappa shape index (κ2) is 8.26. The van der Waals surface area contributed by atoms with Crippen LogP contribution in [0.2, 0.25) is 0 Å². The fraction of sp³-hybridized carbons (Fsp3) is 0.0435. The molecule has 3 aromatic carbocycles. The van der Waals surface area contributed by atoms with Gasteiger partial charge in [0.15, 0.2) is 23.3 Å². The third kappa shape index (κ3) is 3.51. The van der Waals surface area contributed by atoms with Crippen LogP contribution in [0.1, 0.15) is 16.1 Å². The number of amides is 1. The zero-order chi connectivity index (χ0) is 23.0. The van der Waals surface area contributed by atoms with E-state index in [2.05, 4.69) is 5.10 Å². The molecule has 162 valence electrons. The SMILES string of the molecule is Cc1c(C(=O)Nc2c(F)c(F)c(F)c(F)c2F)c(-c2ccccc2)nn1-c1ccccc1. The predicted octanol–water partition coefficient (Wildman–Crippen LogP) is 5.80. The molecule has 4 aromatic rings. The van der Waals surface area contributed by atoms with E-state index < -0.39 is 40.7 Å². The van der Waals surface area contributed by atoms with Gasteiger partial charge in [-0.15, -0.1) is 0 Å². The normalized spacial score (nSPS) is 10.9. The lowest BCUT2D eigenvalue weighted by molar-refractivity contribution is 0.102. The van der Waals surface area contributed by atoms with Crippen molar-refractivity contribution in [2.45, 2.75) is 6.92 Å². The van der Waals surface area contributed by atoms with E-state index in [-0.39, 0.29) is 11.3 Å². The number of rotatable bonds is 4. The molecule has 0 bridgehead atoms. The van der Waals surface area contributed by atoms with E-state index in [0.29, 0.717) is 16.9 Å². The van der Waals surface area contributed by atoms with Gasteiger partial charge in [-0.05, 0) is 19.1 Å². The number of halogens is 5. The van der Waals surface area contributed by atoms with Gasteiger partial charge in [0.05, 0.1) is 16.9 Å². The average molecular weight is 443 g/mol. The standard InChI is InChI=1S/C23H14F5N3O/c1-12-15(23(32)29-22-19(27)17(25)16(24)18(26)20(22)28)21(13-8-4-2-5-9-13)30-31(12)14-10-6-3-7-11-14/h2-11H,1H3,(H,29,32). The van der Waals surface area contributed by atoms with Crippen molar-refractivity contribution in [3.63, 3.8) is 0 Å². The second-order valence-corrected chi connectivity index (χ2v) is 6.82. The van der Waals surface area contributed by atoms with Crippen LogP contribution in [0.4, 0.5) is 27.6 Å². The monoisotopic (exact) mass is 443 g/mol. The number of hydrogen-bond donors (Lipinski definition) is 1. The Morgan fingerprint density at radius 2 is 1.28 bits per heavy atom. The summed E-state index contributed by atoms with van der Waals surface area (Å²) in [7, 11) is 0. The van der Waals surface area contributed by atoms with E-state index in [4.69, 9.17) is 0 Å². The summed E-state index contributed by atoms with van der Waals surface area (Å²) in [5.74, 6) is -12.0. The Labute approximate surface area is 178 Å². The van der Waals surface area contributed by atoms with Crippen molar-refractivity contribution in [3.8, 4) is 16.9 Å². The molecule has 1 aromatic heterocycles. The molecule has 0 aliphatic heterocycles. The molecule has 0 unspecified atom stereocenters. The summed E-state index contributed by atoms with van der Waals surface area (Å²) < 4.78 is 70.2. The maximum atomic E-state index is 14.1. The Bertz CT molecular complexity index is 1290. The Balaban J connectivity index is 1.87. The molecule has 0 atom stereocenters. The Morgan fingerprint density at radius 3 is 1.84 bits per heavy atom. The van der Waals surface area contributed by atoms with E-state index in [1.54, 1.807) is 67.6 Å². The molecule has 0 fully saturated rings. The first-order valence-electron chi connectivity index (χ1n) is 9.34. The highest BCUT2D eigenvalue weighted by atomic mass is 19.2. The first kappa shape index (κ1) is 21.2. The lowest BCUT2D eigenvalue weighted by atomic mass is 10.1. The van der Waals surface area contributed by atoms with Crippen molar-refractivity contribution in [1.29, 1.82) is 0 Å². The van der Waals surface area contributed by atoms with E-state index in [1.165, 1.54) is 4.68 Å². The average Bonchev–Trinajstić information content (AvgIpc) is 3.17. The Morgan fingerprint density at radius 1 is 0.781 bits per heavy atom. The van der Waals surface area contributed by atoms with Gasteiger partial charge in [-0.2, -0.15) is 5.10 Å². The molecule has 1 amide bonds. The van der Waals surface area contributed by atoms with Crippen molar-refractivity contribution in [2.24, 2.45) is 0 Å². The Hall–Kier alpha value is -4.01. The van der Waals surface area contributed by atoms with E-state index in [1.807, 2.05) is 5.32 Å². The van der Waals surface area contributed by atoms with Gasteiger partial charge in [0, 0.05) is 5.56 Å². The molecule has 9 heteroatoms. The van der Waals surface area contributed by atoms with Crippen molar-refractivity contribution >= 4 is 11.6 Å². The molecular formula is C23H14F5N3O. The fourth-order valence-corrected chi connectivity index (χ4v) is 3.28. The molecular weight excluding hydrogens is 429 g/mol. The Kier molecular flexibility index (Phi) is 5.48. The molecule has 0 saturated heterocycles. The van der Waals surface area contributed by atoms with Crippen LogP contribution in [0.15, 0.2) is 60.7 Å². The van der Waals surface area contributed by atoms with Gasteiger partial charge < -0.3 is 5.32 Å². The minimum atomic E-state index is -2.31. The third-order valence-electron chi connectivity index (χ3n) is 4.84. The number of anilines is 1. The summed E-state index contributed by atoms with van der Waals surface area (Å²) in [6, 6.07) is 17.3. The number of hydrogen-bond acceptors (Lipinski definition) is 2. The van der Waals surface area contributed by atoms with Gasteiger partial charge in [-0.25, -0.2) is 26.6 Å². The van der Waals surface area contributed by atoms with Crippen LogP contribution in [-0.2, 0) is 0 Å². The number of aromatic nitrogens is 2. The summed E-state index contributed by atoms with van der Waals surface area (Å²) in [6.45, 7) is 1.56. The van der Waals surface area contributed by atoms with E-state index >= 15 is 0 Å². The van der Waals surface area contributed by atoms with Crippen LogP contribution in [0.25, 0.3) is 16.9 Å². The largest absolute Gasteiger partial charge is 0.317 e. The zero-order valence-corrected chi connectivity index (χ0v) is 16.5. The molecule has 4 rings (SSSR count). The molecule has 1 N–H and O–H groups in total.